The molecule has 0 aliphatic heterocycles. The standard InChI is InChI=1S/C20H16ClF3N4O/c21-17-8-7-14(10-16(17)20(22,23)24)28(19(26)29)11-12-3-5-13(6-4-12)15-2-1-9-27-18(15)25/h1-10H,11H2,(H2,25,27)(H2,26,29). The highest BCUT2D eigenvalue weighted by molar-refractivity contribution is 6.31. The number of aromatic nitrogens is 1. The van der Waals surface area contributed by atoms with Gasteiger partial charge in [0, 0.05) is 17.4 Å². The molecule has 0 atom stereocenters. The van der Waals surface area contributed by atoms with Gasteiger partial charge in [-0.3, -0.25) is 4.90 Å². The van der Waals surface area contributed by atoms with Crippen LogP contribution in [0.3, 0.4) is 0 Å². The van der Waals surface area contributed by atoms with Crippen molar-refractivity contribution in [3.63, 3.8) is 0 Å². The normalized spacial score (nSPS) is 11.3. The lowest BCUT2D eigenvalue weighted by Crippen LogP contribution is -2.35. The Balaban J connectivity index is 1.89. The monoisotopic (exact) mass is 420 g/mol. The minimum atomic E-state index is -4.65. The molecule has 150 valence electrons. The Bertz CT molecular complexity index is 1040. The SMILES string of the molecule is NC(=O)N(Cc1ccc(-c2cccnc2N)cc1)c1ccc(Cl)c(C(F)(F)F)c1. The van der Waals surface area contributed by atoms with Crippen molar-refractivity contribution in [2.75, 3.05) is 10.6 Å². The van der Waals surface area contributed by atoms with Crippen molar-refractivity contribution in [2.45, 2.75) is 12.7 Å². The Kier molecular flexibility index (Phi) is 5.65. The number of amides is 2. The largest absolute Gasteiger partial charge is 0.417 e. The summed E-state index contributed by atoms with van der Waals surface area (Å²) in [6.07, 6.45) is -3.07. The molecule has 0 aliphatic rings. The van der Waals surface area contributed by atoms with Crippen LogP contribution in [0, 0.1) is 0 Å². The number of carbonyl (C=O) groups excluding carboxylic acids is 1. The van der Waals surface area contributed by atoms with Crippen molar-refractivity contribution in [3.05, 3.63) is 76.9 Å². The fourth-order valence-electron chi connectivity index (χ4n) is 2.83. The molecule has 0 radical (unpaired) electrons. The topological polar surface area (TPSA) is 85.2 Å². The molecule has 1 heterocycles. The molecule has 0 spiro atoms. The summed E-state index contributed by atoms with van der Waals surface area (Å²) in [5.74, 6) is 0.375. The van der Waals surface area contributed by atoms with E-state index in [4.69, 9.17) is 23.1 Å². The third-order valence-electron chi connectivity index (χ3n) is 4.28. The Hall–Kier alpha value is -3.26. The Morgan fingerprint density at radius 3 is 2.38 bits per heavy atom. The summed E-state index contributed by atoms with van der Waals surface area (Å²) in [7, 11) is 0. The van der Waals surface area contributed by atoms with Gasteiger partial charge in [0.25, 0.3) is 0 Å². The highest BCUT2D eigenvalue weighted by atomic mass is 35.5. The van der Waals surface area contributed by atoms with Crippen LogP contribution in [0.15, 0.2) is 60.8 Å². The molecule has 9 heteroatoms. The predicted molar refractivity (Wildman–Crippen MR) is 106 cm³/mol. The van der Waals surface area contributed by atoms with E-state index in [0.717, 1.165) is 28.2 Å². The van der Waals surface area contributed by atoms with Gasteiger partial charge in [-0.15, -0.1) is 0 Å². The lowest BCUT2D eigenvalue weighted by Gasteiger charge is -2.22. The predicted octanol–water partition coefficient (Wildman–Crippen LogP) is 5.09. The molecule has 0 fully saturated rings. The van der Waals surface area contributed by atoms with Gasteiger partial charge in [0.05, 0.1) is 17.1 Å². The number of nitrogen functional groups attached to an aromatic ring is 1. The smallest absolute Gasteiger partial charge is 0.383 e. The quantitative estimate of drug-likeness (QED) is 0.616. The summed E-state index contributed by atoms with van der Waals surface area (Å²) in [5, 5.41) is -0.455. The van der Waals surface area contributed by atoms with Gasteiger partial charge in [-0.25, -0.2) is 9.78 Å². The van der Waals surface area contributed by atoms with Gasteiger partial charge in [-0.1, -0.05) is 35.9 Å². The fraction of sp³-hybridized carbons (Fsp3) is 0.100. The molecule has 3 rings (SSSR count). The molecule has 5 nitrogen and oxygen atoms in total. The van der Waals surface area contributed by atoms with E-state index in [-0.39, 0.29) is 12.2 Å². The van der Waals surface area contributed by atoms with Gasteiger partial charge in [0.1, 0.15) is 5.82 Å². The molecule has 3 aromatic rings. The van der Waals surface area contributed by atoms with E-state index in [1.807, 2.05) is 6.07 Å². The maximum atomic E-state index is 13.1. The van der Waals surface area contributed by atoms with E-state index in [1.54, 1.807) is 36.5 Å². The van der Waals surface area contributed by atoms with E-state index in [1.165, 1.54) is 6.07 Å². The zero-order chi connectivity index (χ0) is 21.2. The average molecular weight is 421 g/mol. The first-order valence-electron chi connectivity index (χ1n) is 8.40. The summed E-state index contributed by atoms with van der Waals surface area (Å²) < 4.78 is 39.4. The highest BCUT2D eigenvalue weighted by Gasteiger charge is 2.34. The number of rotatable bonds is 4. The van der Waals surface area contributed by atoms with Gasteiger partial charge in [0.2, 0.25) is 0 Å². The van der Waals surface area contributed by atoms with E-state index >= 15 is 0 Å². The first-order chi connectivity index (χ1) is 13.7. The van der Waals surface area contributed by atoms with E-state index < -0.39 is 22.8 Å². The van der Waals surface area contributed by atoms with Gasteiger partial charge < -0.3 is 11.5 Å². The number of hydrogen-bond acceptors (Lipinski definition) is 3. The number of alkyl halides is 3. The third kappa shape index (κ3) is 4.60. The second-order valence-corrected chi connectivity index (χ2v) is 6.63. The van der Waals surface area contributed by atoms with E-state index in [0.29, 0.717) is 11.4 Å². The number of urea groups is 1. The number of nitrogens with two attached hydrogens (primary N) is 2. The molecule has 29 heavy (non-hydrogen) atoms. The summed E-state index contributed by atoms with van der Waals surface area (Å²) >= 11 is 5.64. The first kappa shape index (κ1) is 20.5. The molecule has 1 aromatic heterocycles. The maximum Gasteiger partial charge on any atom is 0.417 e. The molecule has 0 saturated carbocycles. The fourth-order valence-corrected chi connectivity index (χ4v) is 3.05. The minimum absolute atomic E-state index is 0.00481. The van der Waals surface area contributed by atoms with Crippen molar-refractivity contribution in [3.8, 4) is 11.1 Å². The molecule has 0 saturated heterocycles. The van der Waals surface area contributed by atoms with Crippen LogP contribution in [-0.2, 0) is 12.7 Å². The summed E-state index contributed by atoms with van der Waals surface area (Å²) in [6, 6.07) is 12.9. The van der Waals surface area contributed by atoms with Gasteiger partial charge in [-0.05, 0) is 41.5 Å². The molecule has 2 amide bonds. The van der Waals surface area contributed by atoms with Gasteiger partial charge >= 0.3 is 12.2 Å². The number of hydrogen-bond donors (Lipinski definition) is 2. The number of benzene rings is 2. The van der Waals surface area contributed by atoms with Crippen LogP contribution in [0.2, 0.25) is 5.02 Å². The van der Waals surface area contributed by atoms with Crippen LogP contribution >= 0.6 is 11.6 Å². The van der Waals surface area contributed by atoms with Crippen LogP contribution in [0.5, 0.6) is 0 Å². The van der Waals surface area contributed by atoms with Crippen LogP contribution < -0.4 is 16.4 Å². The number of pyridine rings is 1. The van der Waals surface area contributed by atoms with Crippen molar-refractivity contribution in [1.29, 1.82) is 0 Å². The zero-order valence-electron chi connectivity index (χ0n) is 14.9. The van der Waals surface area contributed by atoms with Crippen LogP contribution in [0.1, 0.15) is 11.1 Å². The minimum Gasteiger partial charge on any atom is -0.383 e. The van der Waals surface area contributed by atoms with E-state index in [9.17, 15) is 18.0 Å². The molecule has 0 bridgehead atoms. The van der Waals surface area contributed by atoms with E-state index in [2.05, 4.69) is 4.98 Å². The second kappa shape index (κ2) is 8.00. The third-order valence-corrected chi connectivity index (χ3v) is 4.61. The Morgan fingerprint density at radius 1 is 1.10 bits per heavy atom. The highest BCUT2D eigenvalue weighted by Crippen LogP contribution is 2.37. The van der Waals surface area contributed by atoms with Gasteiger partial charge in [0.15, 0.2) is 0 Å². The Labute approximate surface area is 169 Å². The summed E-state index contributed by atoms with van der Waals surface area (Å²) in [6.45, 7) is -0.0168. The number of primary amides is 1. The second-order valence-electron chi connectivity index (χ2n) is 6.22. The summed E-state index contributed by atoms with van der Waals surface area (Å²) in [5.41, 5.74) is 12.5. The molecule has 0 aliphatic carbocycles. The number of carbonyl (C=O) groups is 1. The molecular weight excluding hydrogens is 405 g/mol. The van der Waals surface area contributed by atoms with Crippen LogP contribution in [0.4, 0.5) is 29.5 Å². The molecule has 0 unspecified atom stereocenters. The van der Waals surface area contributed by atoms with Crippen LogP contribution in [0.25, 0.3) is 11.1 Å². The number of anilines is 2. The molecule has 2 aromatic carbocycles. The average Bonchev–Trinajstić information content (AvgIpc) is 2.66. The van der Waals surface area contributed by atoms with Crippen molar-refractivity contribution < 1.29 is 18.0 Å². The lowest BCUT2D eigenvalue weighted by atomic mass is 10.0. The number of nitrogens with zero attached hydrogens (tertiary/aromatic N) is 2. The van der Waals surface area contributed by atoms with Crippen molar-refractivity contribution in [2.24, 2.45) is 5.73 Å². The Morgan fingerprint density at radius 2 is 1.79 bits per heavy atom. The lowest BCUT2D eigenvalue weighted by molar-refractivity contribution is -0.137. The van der Waals surface area contributed by atoms with Crippen LogP contribution in [-0.4, -0.2) is 11.0 Å². The number of halogens is 4. The first-order valence-corrected chi connectivity index (χ1v) is 8.78. The molecular formula is C20H16ClF3N4O. The van der Waals surface area contributed by atoms with Crippen molar-refractivity contribution >= 4 is 29.1 Å². The van der Waals surface area contributed by atoms with Crippen molar-refractivity contribution in [1.82, 2.24) is 4.98 Å². The van der Waals surface area contributed by atoms with Gasteiger partial charge in [-0.2, -0.15) is 13.2 Å². The maximum absolute atomic E-state index is 13.1. The summed E-state index contributed by atoms with van der Waals surface area (Å²) in [4.78, 5) is 17.0. The molecule has 4 N–H and O–H groups in total. The zero-order valence-corrected chi connectivity index (χ0v) is 15.7.